The van der Waals surface area contributed by atoms with E-state index >= 15 is 0 Å². The van der Waals surface area contributed by atoms with Gasteiger partial charge in [-0.15, -0.1) is 0 Å². The Labute approximate surface area is 297 Å². The molecule has 0 spiro atoms. The van der Waals surface area contributed by atoms with Crippen molar-refractivity contribution in [2.45, 2.75) is 161 Å². The van der Waals surface area contributed by atoms with Gasteiger partial charge in [-0.25, -0.2) is 18.0 Å². The molecule has 0 bridgehead atoms. The molecule has 1 aromatic carbocycles. The van der Waals surface area contributed by atoms with Crippen molar-refractivity contribution in [3.63, 3.8) is 0 Å². The predicted octanol–water partition coefficient (Wildman–Crippen LogP) is 6.93. The fourth-order valence-electron chi connectivity index (χ4n) is 5.42. The van der Waals surface area contributed by atoms with Crippen molar-refractivity contribution in [2.24, 2.45) is 0 Å². The van der Waals surface area contributed by atoms with Crippen LogP contribution in [0.25, 0.3) is 0 Å². The molecule has 9 heteroatoms. The SMILES string of the molecule is CCCCCCCCCCCCCCCCCCCCCCCCOC(=O)c1ccccc1C(=O)OCCCCS(=O)(=O)[O-].[Na+]. The van der Waals surface area contributed by atoms with E-state index in [1.54, 1.807) is 12.1 Å². The van der Waals surface area contributed by atoms with E-state index in [0.29, 0.717) is 6.61 Å². The van der Waals surface area contributed by atoms with Gasteiger partial charge in [-0.3, -0.25) is 0 Å². The summed E-state index contributed by atoms with van der Waals surface area (Å²) < 4.78 is 42.5. The Kier molecular flexibility index (Phi) is 29.8. The third kappa shape index (κ3) is 26.8. The summed E-state index contributed by atoms with van der Waals surface area (Å²) in [7, 11) is -4.28. The average Bonchev–Trinajstić information content (AvgIpc) is 3.00. The molecule has 0 aliphatic carbocycles. The Balaban J connectivity index is 0.0000194. The molecule has 0 radical (unpaired) electrons. The fraction of sp³-hybridized carbons (Fsp3) is 0.778. The first-order valence-electron chi connectivity index (χ1n) is 17.7. The molecule has 7 nitrogen and oxygen atoms in total. The van der Waals surface area contributed by atoms with Gasteiger partial charge in [0.15, 0.2) is 0 Å². The normalized spacial score (nSPS) is 11.2. The number of carbonyl (C=O) groups is 2. The summed E-state index contributed by atoms with van der Waals surface area (Å²) in [4.78, 5) is 24.9. The van der Waals surface area contributed by atoms with Crippen LogP contribution in [-0.4, -0.2) is 43.9 Å². The Morgan fingerprint density at radius 2 is 0.822 bits per heavy atom. The molecule has 0 N–H and O–H groups in total. The maximum atomic E-state index is 12.5. The summed E-state index contributed by atoms with van der Waals surface area (Å²) >= 11 is 0. The van der Waals surface area contributed by atoms with Crippen LogP contribution < -0.4 is 29.6 Å². The van der Waals surface area contributed by atoms with Crippen molar-refractivity contribution in [3.8, 4) is 0 Å². The first kappa shape index (κ1) is 44.1. The number of carbonyl (C=O) groups excluding carboxylic acids is 2. The number of benzene rings is 1. The van der Waals surface area contributed by atoms with Gasteiger partial charge in [0.05, 0.1) is 34.5 Å². The van der Waals surface area contributed by atoms with Gasteiger partial charge >= 0.3 is 41.5 Å². The summed E-state index contributed by atoms with van der Waals surface area (Å²) in [6, 6.07) is 6.32. The summed E-state index contributed by atoms with van der Waals surface area (Å²) in [5.41, 5.74) is 0.265. The smallest absolute Gasteiger partial charge is 0.748 e. The molecule has 0 unspecified atom stereocenters. The first-order valence-corrected chi connectivity index (χ1v) is 19.3. The minimum Gasteiger partial charge on any atom is -0.748 e. The van der Waals surface area contributed by atoms with Gasteiger partial charge in [0, 0.05) is 5.75 Å². The minimum absolute atomic E-state index is 0. The zero-order chi connectivity index (χ0) is 32.1. The Bertz CT molecular complexity index is 968. The van der Waals surface area contributed by atoms with Crippen molar-refractivity contribution >= 4 is 22.1 Å². The number of ether oxygens (including phenoxy) is 2. The first-order chi connectivity index (χ1) is 21.3. The van der Waals surface area contributed by atoms with Gasteiger partial charge in [-0.05, 0) is 31.4 Å². The molecule has 254 valence electrons. The molecule has 1 aromatic rings. The van der Waals surface area contributed by atoms with Gasteiger partial charge in [0.2, 0.25) is 0 Å². The molecular weight excluding hydrogens is 599 g/mol. The fourth-order valence-corrected chi connectivity index (χ4v) is 5.97. The molecule has 0 fully saturated rings. The molecule has 1 rings (SSSR count). The standard InChI is InChI=1S/C36H62O7S.Na/c1-2-3-4-5-6-7-8-9-10-11-12-13-14-15-16-17-18-19-20-21-22-25-30-42-35(37)33-28-23-24-29-34(33)36(38)43-31-26-27-32-44(39,40)41;/h23-24,28-29H,2-22,25-27,30-32H2,1H3,(H,39,40,41);/q;+1/p-1. The molecule has 0 saturated carbocycles. The number of esters is 2. The van der Waals surface area contributed by atoms with E-state index in [9.17, 15) is 22.6 Å². The van der Waals surface area contributed by atoms with Gasteiger partial charge in [-0.1, -0.05) is 154 Å². The minimum atomic E-state index is -4.28. The zero-order valence-corrected chi connectivity index (χ0v) is 31.5. The van der Waals surface area contributed by atoms with Crippen LogP contribution in [-0.2, 0) is 19.6 Å². The maximum absolute atomic E-state index is 12.5. The predicted molar refractivity (Wildman–Crippen MR) is 178 cm³/mol. The van der Waals surface area contributed by atoms with Crippen molar-refractivity contribution in [1.29, 1.82) is 0 Å². The zero-order valence-electron chi connectivity index (χ0n) is 28.7. The van der Waals surface area contributed by atoms with Crippen LogP contribution in [0, 0.1) is 0 Å². The Hall–Kier alpha value is -0.930. The van der Waals surface area contributed by atoms with Crippen molar-refractivity contribution in [1.82, 2.24) is 0 Å². The average molecular weight is 661 g/mol. The van der Waals surface area contributed by atoms with E-state index in [-0.39, 0.29) is 60.1 Å². The molecule has 0 heterocycles. The van der Waals surface area contributed by atoms with Crippen molar-refractivity contribution < 1.29 is 61.6 Å². The van der Waals surface area contributed by atoms with Gasteiger partial charge in [-0.2, -0.15) is 0 Å². The topological polar surface area (TPSA) is 110 Å². The second-order valence-corrected chi connectivity index (χ2v) is 13.7. The van der Waals surface area contributed by atoms with E-state index < -0.39 is 27.8 Å². The van der Waals surface area contributed by atoms with E-state index in [1.807, 2.05) is 0 Å². The van der Waals surface area contributed by atoms with Crippen LogP contribution in [0.1, 0.15) is 182 Å². The van der Waals surface area contributed by atoms with E-state index in [2.05, 4.69) is 6.92 Å². The van der Waals surface area contributed by atoms with Crippen LogP contribution in [0.4, 0.5) is 0 Å². The number of hydrogen-bond acceptors (Lipinski definition) is 7. The van der Waals surface area contributed by atoms with E-state index in [0.717, 1.165) is 19.3 Å². The van der Waals surface area contributed by atoms with Gasteiger partial charge in [0.25, 0.3) is 0 Å². The van der Waals surface area contributed by atoms with Crippen molar-refractivity contribution in [3.05, 3.63) is 35.4 Å². The van der Waals surface area contributed by atoms with Crippen molar-refractivity contribution in [2.75, 3.05) is 19.0 Å². The molecular formula is C36H61NaO7S. The number of unbranched alkanes of at least 4 members (excludes halogenated alkanes) is 22. The maximum Gasteiger partial charge on any atom is 1.00 e. The second kappa shape index (κ2) is 30.4. The van der Waals surface area contributed by atoms with Crippen LogP contribution in [0.15, 0.2) is 24.3 Å². The number of rotatable bonds is 30. The van der Waals surface area contributed by atoms with Gasteiger partial charge < -0.3 is 14.0 Å². The molecule has 0 amide bonds. The molecule has 45 heavy (non-hydrogen) atoms. The van der Waals surface area contributed by atoms with E-state index in [1.165, 1.54) is 134 Å². The molecule has 0 aliphatic rings. The summed E-state index contributed by atoms with van der Waals surface area (Å²) in [5, 5.41) is 0. The molecule has 0 aliphatic heterocycles. The Morgan fingerprint density at radius 3 is 1.13 bits per heavy atom. The largest absolute Gasteiger partial charge is 1.00 e. The molecule has 0 atom stereocenters. The molecule has 0 aromatic heterocycles. The third-order valence-electron chi connectivity index (χ3n) is 8.12. The quantitative estimate of drug-likeness (QED) is 0.0381. The van der Waals surface area contributed by atoms with Gasteiger partial charge in [0.1, 0.15) is 0 Å². The summed E-state index contributed by atoms with van der Waals surface area (Å²) in [5.74, 6) is -1.72. The summed E-state index contributed by atoms with van der Waals surface area (Å²) in [6.07, 6.45) is 29.5. The number of hydrogen-bond donors (Lipinski definition) is 0. The Morgan fingerprint density at radius 1 is 0.533 bits per heavy atom. The molecule has 0 saturated heterocycles. The second-order valence-electron chi connectivity index (χ2n) is 12.2. The van der Waals surface area contributed by atoms with Crippen LogP contribution in [0.3, 0.4) is 0 Å². The van der Waals surface area contributed by atoms with Crippen LogP contribution >= 0.6 is 0 Å². The third-order valence-corrected chi connectivity index (χ3v) is 8.91. The van der Waals surface area contributed by atoms with Crippen LogP contribution in [0.2, 0.25) is 0 Å². The monoisotopic (exact) mass is 660 g/mol. The van der Waals surface area contributed by atoms with E-state index in [4.69, 9.17) is 9.47 Å². The summed E-state index contributed by atoms with van der Waals surface area (Å²) in [6.45, 7) is 2.56. The van der Waals surface area contributed by atoms with Crippen LogP contribution in [0.5, 0.6) is 0 Å².